The molecule has 1 aliphatic heterocycles. The van der Waals surface area contributed by atoms with Gasteiger partial charge in [0, 0.05) is 13.8 Å². The summed E-state index contributed by atoms with van der Waals surface area (Å²) in [6.07, 6.45) is 1.33. The Kier molecular flexibility index (Phi) is 4.83. The van der Waals surface area contributed by atoms with Crippen LogP contribution in [0.1, 0.15) is 19.4 Å². The van der Waals surface area contributed by atoms with E-state index in [1.807, 2.05) is 0 Å². The summed E-state index contributed by atoms with van der Waals surface area (Å²) in [5.41, 5.74) is 0.336. The monoisotopic (exact) mass is 334 g/mol. The Morgan fingerprint density at radius 3 is 1.92 bits per heavy atom. The van der Waals surface area contributed by atoms with Gasteiger partial charge in [0.05, 0.1) is 7.11 Å². The van der Waals surface area contributed by atoms with Crippen LogP contribution in [0.2, 0.25) is 0 Å². The van der Waals surface area contributed by atoms with E-state index in [0.717, 1.165) is 0 Å². The molecule has 1 aromatic rings. The van der Waals surface area contributed by atoms with Crippen LogP contribution in [0.4, 0.5) is 4.79 Å². The molecule has 1 aromatic carbocycles. The fraction of sp³-hybridized carbons (Fsp3) is 0.200. The Hall–Kier alpha value is -3.36. The highest BCUT2D eigenvalue weighted by Crippen LogP contribution is 2.39. The van der Waals surface area contributed by atoms with E-state index in [2.05, 4.69) is 10.6 Å². The van der Waals surface area contributed by atoms with Gasteiger partial charge in [0.25, 0.3) is 5.91 Å². The molecule has 3 amide bonds. The molecule has 0 unspecified atom stereocenters. The van der Waals surface area contributed by atoms with E-state index in [1.165, 1.54) is 39.2 Å². The fourth-order valence-corrected chi connectivity index (χ4v) is 1.99. The first-order valence-corrected chi connectivity index (χ1v) is 6.73. The summed E-state index contributed by atoms with van der Waals surface area (Å²) in [7, 11) is 1.32. The predicted octanol–water partition coefficient (Wildman–Crippen LogP) is 0.726. The number of esters is 2. The molecule has 1 saturated heterocycles. The second-order valence-electron chi connectivity index (χ2n) is 4.70. The number of methoxy groups -OCH3 is 1. The summed E-state index contributed by atoms with van der Waals surface area (Å²) >= 11 is 0. The van der Waals surface area contributed by atoms with Crippen LogP contribution >= 0.6 is 0 Å². The average molecular weight is 334 g/mol. The third kappa shape index (κ3) is 3.88. The van der Waals surface area contributed by atoms with Gasteiger partial charge in [-0.2, -0.15) is 0 Å². The van der Waals surface area contributed by atoms with Crippen LogP contribution < -0.4 is 24.8 Å². The third-order valence-corrected chi connectivity index (χ3v) is 2.79. The Bertz CT molecular complexity index is 730. The first kappa shape index (κ1) is 17.0. The van der Waals surface area contributed by atoms with Crippen LogP contribution in [0.3, 0.4) is 0 Å². The van der Waals surface area contributed by atoms with E-state index in [9.17, 15) is 19.2 Å². The number of ether oxygens (including phenoxy) is 3. The van der Waals surface area contributed by atoms with Crippen LogP contribution in [0, 0.1) is 0 Å². The number of benzene rings is 1. The summed E-state index contributed by atoms with van der Waals surface area (Å²) in [6.45, 7) is 2.39. The smallest absolute Gasteiger partial charge is 0.326 e. The lowest BCUT2D eigenvalue weighted by Gasteiger charge is -2.13. The summed E-state index contributed by atoms with van der Waals surface area (Å²) in [5.74, 6) is -1.79. The van der Waals surface area contributed by atoms with E-state index in [1.54, 1.807) is 0 Å². The summed E-state index contributed by atoms with van der Waals surface area (Å²) in [6, 6.07) is 2.15. The molecule has 24 heavy (non-hydrogen) atoms. The number of rotatable bonds is 4. The third-order valence-electron chi connectivity index (χ3n) is 2.79. The maximum absolute atomic E-state index is 11.6. The van der Waals surface area contributed by atoms with Gasteiger partial charge in [-0.25, -0.2) is 4.79 Å². The molecular formula is C15H14N2O7. The molecule has 1 fully saturated rings. The molecule has 1 aliphatic rings. The first-order chi connectivity index (χ1) is 11.3. The van der Waals surface area contributed by atoms with Crippen LogP contribution in [-0.4, -0.2) is 31.0 Å². The van der Waals surface area contributed by atoms with E-state index in [-0.39, 0.29) is 22.9 Å². The number of urea groups is 1. The van der Waals surface area contributed by atoms with Crippen molar-refractivity contribution >= 4 is 30.0 Å². The van der Waals surface area contributed by atoms with Gasteiger partial charge < -0.3 is 19.5 Å². The van der Waals surface area contributed by atoms with E-state index >= 15 is 0 Å². The molecule has 0 saturated carbocycles. The van der Waals surface area contributed by atoms with Gasteiger partial charge in [-0.1, -0.05) is 0 Å². The van der Waals surface area contributed by atoms with Crippen LogP contribution in [-0.2, 0) is 14.4 Å². The number of imide groups is 1. The van der Waals surface area contributed by atoms with Crippen molar-refractivity contribution in [2.24, 2.45) is 0 Å². The van der Waals surface area contributed by atoms with Crippen molar-refractivity contribution in [3.63, 3.8) is 0 Å². The van der Waals surface area contributed by atoms with Crippen LogP contribution in [0.25, 0.3) is 6.08 Å². The Labute approximate surface area is 136 Å². The lowest BCUT2D eigenvalue weighted by molar-refractivity contribution is -0.132. The summed E-state index contributed by atoms with van der Waals surface area (Å²) in [4.78, 5) is 45.2. The van der Waals surface area contributed by atoms with Crippen LogP contribution in [0.15, 0.2) is 17.8 Å². The molecule has 9 heteroatoms. The molecule has 9 nitrogen and oxygen atoms in total. The first-order valence-electron chi connectivity index (χ1n) is 6.73. The second kappa shape index (κ2) is 6.82. The Morgan fingerprint density at radius 1 is 1.00 bits per heavy atom. The lowest BCUT2D eigenvalue weighted by Crippen LogP contribution is -2.22. The molecular weight excluding hydrogens is 320 g/mol. The molecule has 0 aromatic heterocycles. The van der Waals surface area contributed by atoms with Gasteiger partial charge in [0.15, 0.2) is 11.5 Å². The number of amides is 3. The van der Waals surface area contributed by atoms with Crippen molar-refractivity contribution in [3.8, 4) is 17.2 Å². The Morgan fingerprint density at radius 2 is 1.54 bits per heavy atom. The van der Waals surface area contributed by atoms with Gasteiger partial charge >= 0.3 is 18.0 Å². The van der Waals surface area contributed by atoms with Gasteiger partial charge in [0.2, 0.25) is 5.75 Å². The van der Waals surface area contributed by atoms with Crippen molar-refractivity contribution in [2.45, 2.75) is 13.8 Å². The minimum absolute atomic E-state index is 0.000307. The second-order valence-corrected chi connectivity index (χ2v) is 4.70. The van der Waals surface area contributed by atoms with Gasteiger partial charge in [-0.15, -0.1) is 0 Å². The van der Waals surface area contributed by atoms with Crippen molar-refractivity contribution in [3.05, 3.63) is 23.4 Å². The van der Waals surface area contributed by atoms with Crippen molar-refractivity contribution < 1.29 is 33.4 Å². The van der Waals surface area contributed by atoms with Gasteiger partial charge in [-0.05, 0) is 23.8 Å². The van der Waals surface area contributed by atoms with Crippen molar-refractivity contribution in [1.82, 2.24) is 10.6 Å². The molecule has 126 valence electrons. The normalized spacial score (nSPS) is 14.9. The lowest BCUT2D eigenvalue weighted by atomic mass is 10.1. The standard InChI is InChI=1S/C15H14N2O7/c1-7(18)23-11-5-9(4-10-14(20)17-15(21)16-10)6-12(13(11)22-3)24-8(2)19/h4-6H,1-3H3,(H2,16,17,20,21). The van der Waals surface area contributed by atoms with Crippen LogP contribution in [0.5, 0.6) is 17.2 Å². The number of hydrogen-bond donors (Lipinski definition) is 2. The number of nitrogens with one attached hydrogen (secondary N) is 2. The fourth-order valence-electron chi connectivity index (χ4n) is 1.99. The summed E-state index contributed by atoms with van der Waals surface area (Å²) < 4.78 is 15.2. The molecule has 2 N–H and O–H groups in total. The van der Waals surface area contributed by atoms with E-state index in [0.29, 0.717) is 5.56 Å². The SMILES string of the molecule is COc1c(OC(C)=O)cc(C=C2NC(=O)NC2=O)cc1OC(C)=O. The topological polar surface area (TPSA) is 120 Å². The van der Waals surface area contributed by atoms with Crippen molar-refractivity contribution in [1.29, 1.82) is 0 Å². The highest BCUT2D eigenvalue weighted by molar-refractivity contribution is 6.14. The molecule has 1 heterocycles. The molecule has 0 bridgehead atoms. The molecule has 0 spiro atoms. The number of hydrogen-bond acceptors (Lipinski definition) is 7. The quantitative estimate of drug-likeness (QED) is 0.360. The van der Waals surface area contributed by atoms with Crippen molar-refractivity contribution in [2.75, 3.05) is 7.11 Å². The average Bonchev–Trinajstić information content (AvgIpc) is 2.75. The zero-order valence-corrected chi connectivity index (χ0v) is 13.1. The minimum Gasteiger partial charge on any atom is -0.490 e. The highest BCUT2D eigenvalue weighted by atomic mass is 16.6. The number of carbonyl (C=O) groups excluding carboxylic acids is 4. The van der Waals surface area contributed by atoms with Gasteiger partial charge in [0.1, 0.15) is 5.70 Å². The molecule has 0 atom stereocenters. The highest BCUT2D eigenvalue weighted by Gasteiger charge is 2.24. The van der Waals surface area contributed by atoms with Gasteiger partial charge in [-0.3, -0.25) is 19.7 Å². The molecule has 0 radical (unpaired) electrons. The minimum atomic E-state index is -0.653. The predicted molar refractivity (Wildman–Crippen MR) is 80.3 cm³/mol. The zero-order chi connectivity index (χ0) is 17.9. The maximum atomic E-state index is 11.6. The molecule has 0 aliphatic carbocycles. The van der Waals surface area contributed by atoms with E-state index in [4.69, 9.17) is 14.2 Å². The maximum Gasteiger partial charge on any atom is 0.326 e. The van der Waals surface area contributed by atoms with E-state index < -0.39 is 23.9 Å². The largest absolute Gasteiger partial charge is 0.490 e. The molecule has 2 rings (SSSR count). The number of carbonyl (C=O) groups is 4. The summed E-state index contributed by atoms with van der Waals surface area (Å²) in [5, 5.41) is 4.37. The Balaban J connectivity index is 2.53. The zero-order valence-electron chi connectivity index (χ0n) is 13.1.